The molecule has 7 nitrogen and oxygen atoms in total. The van der Waals surface area contributed by atoms with Gasteiger partial charge in [-0.1, -0.05) is 32.4 Å². The first kappa shape index (κ1) is 27.0. The van der Waals surface area contributed by atoms with E-state index < -0.39 is 33.9 Å². The maximum absolute atomic E-state index is 13.1. The summed E-state index contributed by atoms with van der Waals surface area (Å²) in [6, 6.07) is 15.7. The number of hydrogen-bond acceptors (Lipinski definition) is 3. The molecule has 0 bridgehead atoms. The van der Waals surface area contributed by atoms with Gasteiger partial charge in [0.25, 0.3) is 0 Å². The van der Waals surface area contributed by atoms with E-state index in [2.05, 4.69) is 10.6 Å². The highest BCUT2D eigenvalue weighted by molar-refractivity contribution is 6.31. The zero-order chi connectivity index (χ0) is 27.8. The zero-order valence-corrected chi connectivity index (χ0v) is 21.4. The van der Waals surface area contributed by atoms with Gasteiger partial charge in [0, 0.05) is 34.1 Å². The van der Waals surface area contributed by atoms with Crippen molar-refractivity contribution in [1.29, 1.82) is 0 Å². The SMILES string of the molecule is CC(C)(C)C(=O)Nc1ccc2c(ccn2-c2ccc(NC(=O)N(O)c3ccc(Cl)c(C(F)(F)F)c3)cc2)c1. The van der Waals surface area contributed by atoms with Crippen LogP contribution in [-0.4, -0.2) is 21.7 Å². The molecular formula is C27H24ClF3N4O3. The van der Waals surface area contributed by atoms with Gasteiger partial charge in [-0.25, -0.2) is 4.79 Å². The van der Waals surface area contributed by atoms with Crippen LogP contribution >= 0.6 is 11.6 Å². The molecule has 0 spiro atoms. The van der Waals surface area contributed by atoms with E-state index in [0.29, 0.717) is 17.4 Å². The highest BCUT2D eigenvalue weighted by atomic mass is 35.5. The minimum atomic E-state index is -4.75. The van der Waals surface area contributed by atoms with Crippen LogP contribution in [0.4, 0.5) is 35.0 Å². The van der Waals surface area contributed by atoms with E-state index in [-0.39, 0.29) is 11.0 Å². The molecule has 0 unspecified atom stereocenters. The van der Waals surface area contributed by atoms with Crippen molar-refractivity contribution >= 4 is 51.5 Å². The van der Waals surface area contributed by atoms with Gasteiger partial charge in [0.1, 0.15) is 0 Å². The van der Waals surface area contributed by atoms with E-state index in [1.807, 2.05) is 55.8 Å². The summed E-state index contributed by atoms with van der Waals surface area (Å²) < 4.78 is 41.2. The summed E-state index contributed by atoms with van der Waals surface area (Å²) >= 11 is 5.59. The number of carbonyl (C=O) groups is 2. The molecule has 0 radical (unpaired) electrons. The van der Waals surface area contributed by atoms with E-state index in [1.165, 1.54) is 0 Å². The summed E-state index contributed by atoms with van der Waals surface area (Å²) in [6.45, 7) is 5.51. The molecule has 1 heterocycles. The van der Waals surface area contributed by atoms with Crippen LogP contribution in [0.25, 0.3) is 16.6 Å². The number of benzene rings is 3. The van der Waals surface area contributed by atoms with Crippen LogP contribution in [0.15, 0.2) is 72.9 Å². The Bertz CT molecular complexity index is 1510. The molecule has 0 fully saturated rings. The van der Waals surface area contributed by atoms with Crippen molar-refractivity contribution in [2.75, 3.05) is 15.7 Å². The number of rotatable bonds is 4. The average molecular weight is 545 g/mol. The first-order chi connectivity index (χ1) is 17.7. The molecule has 0 atom stereocenters. The number of amides is 3. The van der Waals surface area contributed by atoms with Crippen molar-refractivity contribution < 1.29 is 28.0 Å². The van der Waals surface area contributed by atoms with E-state index in [1.54, 1.807) is 24.3 Å². The minimum absolute atomic E-state index is 0.0783. The number of fused-ring (bicyclic) bond motifs is 1. The van der Waals surface area contributed by atoms with Gasteiger partial charge in [-0.05, 0) is 66.7 Å². The number of urea groups is 1. The summed E-state index contributed by atoms with van der Waals surface area (Å²) in [4.78, 5) is 24.7. The van der Waals surface area contributed by atoms with Gasteiger partial charge >= 0.3 is 12.2 Å². The fourth-order valence-corrected chi connectivity index (χ4v) is 3.85. The quantitative estimate of drug-likeness (QED) is 0.182. The van der Waals surface area contributed by atoms with Gasteiger partial charge in [-0.2, -0.15) is 18.2 Å². The number of hydroxylamine groups is 1. The fourth-order valence-electron chi connectivity index (χ4n) is 3.63. The molecular weight excluding hydrogens is 521 g/mol. The molecule has 0 saturated carbocycles. The molecule has 198 valence electrons. The maximum atomic E-state index is 13.1. The first-order valence-corrected chi connectivity index (χ1v) is 11.8. The van der Waals surface area contributed by atoms with Crippen molar-refractivity contribution in [3.63, 3.8) is 0 Å². The largest absolute Gasteiger partial charge is 0.417 e. The number of alkyl halides is 3. The molecule has 3 amide bonds. The fraction of sp³-hybridized carbons (Fsp3) is 0.185. The summed E-state index contributed by atoms with van der Waals surface area (Å²) in [7, 11) is 0. The highest BCUT2D eigenvalue weighted by Crippen LogP contribution is 2.37. The maximum Gasteiger partial charge on any atom is 0.417 e. The zero-order valence-electron chi connectivity index (χ0n) is 20.6. The predicted octanol–water partition coefficient (Wildman–Crippen LogP) is 7.72. The Morgan fingerprint density at radius 1 is 0.895 bits per heavy atom. The van der Waals surface area contributed by atoms with E-state index in [9.17, 15) is 28.0 Å². The third-order valence-electron chi connectivity index (χ3n) is 5.72. The standard InChI is InChI=1S/C27H24ClF3N4O3/c1-26(2,3)24(36)32-18-6-11-23-16(14-18)12-13-34(23)19-7-4-17(5-8-19)33-25(37)35(38)20-9-10-22(28)21(15-20)27(29,30)31/h4-15,38H,1-3H3,(H,32,36)(H,33,37). The Hall–Kier alpha value is -4.02. The second-order valence-electron chi connectivity index (χ2n) is 9.61. The number of nitrogens with one attached hydrogen (secondary N) is 2. The third kappa shape index (κ3) is 5.76. The average Bonchev–Trinajstić information content (AvgIpc) is 3.26. The van der Waals surface area contributed by atoms with E-state index in [0.717, 1.165) is 28.7 Å². The van der Waals surface area contributed by atoms with Crippen molar-refractivity contribution in [2.45, 2.75) is 26.9 Å². The molecule has 11 heteroatoms. The molecule has 0 aliphatic rings. The molecule has 0 aliphatic carbocycles. The third-order valence-corrected chi connectivity index (χ3v) is 6.05. The van der Waals surface area contributed by atoms with Gasteiger partial charge < -0.3 is 15.2 Å². The molecule has 0 aliphatic heterocycles. The van der Waals surface area contributed by atoms with Crippen LogP contribution in [0.1, 0.15) is 26.3 Å². The molecule has 4 rings (SSSR count). The number of aromatic nitrogens is 1. The molecule has 3 aromatic carbocycles. The predicted molar refractivity (Wildman–Crippen MR) is 141 cm³/mol. The summed E-state index contributed by atoms with van der Waals surface area (Å²) in [5.74, 6) is -0.0905. The lowest BCUT2D eigenvalue weighted by molar-refractivity contribution is -0.137. The Labute approximate surface area is 221 Å². The number of anilines is 3. The van der Waals surface area contributed by atoms with E-state index >= 15 is 0 Å². The van der Waals surface area contributed by atoms with Crippen LogP contribution in [0.2, 0.25) is 5.02 Å². The molecule has 0 saturated heterocycles. The lowest BCUT2D eigenvalue weighted by atomic mass is 9.95. The number of carbonyl (C=O) groups excluding carboxylic acids is 2. The first-order valence-electron chi connectivity index (χ1n) is 11.4. The summed E-state index contributed by atoms with van der Waals surface area (Å²) in [5.41, 5.74) is 0.573. The molecule has 38 heavy (non-hydrogen) atoms. The van der Waals surface area contributed by atoms with Crippen molar-refractivity contribution in [3.05, 3.63) is 83.5 Å². The second kappa shape index (κ2) is 10.0. The Morgan fingerprint density at radius 2 is 1.55 bits per heavy atom. The summed E-state index contributed by atoms with van der Waals surface area (Å²) in [5, 5.41) is 15.9. The lowest BCUT2D eigenvalue weighted by Crippen LogP contribution is -2.32. The second-order valence-corrected chi connectivity index (χ2v) is 10.0. The van der Waals surface area contributed by atoms with Gasteiger partial charge in [0.15, 0.2) is 0 Å². The van der Waals surface area contributed by atoms with E-state index in [4.69, 9.17) is 11.6 Å². The van der Waals surface area contributed by atoms with Crippen molar-refractivity contribution in [1.82, 2.24) is 4.57 Å². The monoisotopic (exact) mass is 544 g/mol. The van der Waals surface area contributed by atoms with Crippen LogP contribution in [0.5, 0.6) is 0 Å². The number of halogens is 4. The van der Waals surface area contributed by atoms with Crippen molar-refractivity contribution in [3.8, 4) is 5.69 Å². The number of hydrogen-bond donors (Lipinski definition) is 3. The molecule has 1 aromatic heterocycles. The molecule has 3 N–H and O–H groups in total. The van der Waals surface area contributed by atoms with Gasteiger partial charge in [-0.15, -0.1) is 0 Å². The normalized spacial score (nSPS) is 11.9. The Balaban J connectivity index is 1.48. The van der Waals surface area contributed by atoms with Crippen molar-refractivity contribution in [2.24, 2.45) is 5.41 Å². The lowest BCUT2D eigenvalue weighted by Gasteiger charge is -2.18. The summed E-state index contributed by atoms with van der Waals surface area (Å²) in [6.07, 6.45) is -2.88. The van der Waals surface area contributed by atoms with Crippen LogP contribution in [0.3, 0.4) is 0 Å². The van der Waals surface area contributed by atoms with Gasteiger partial charge in [0.2, 0.25) is 5.91 Å². The van der Waals surface area contributed by atoms with Crippen LogP contribution in [0, 0.1) is 5.41 Å². The Morgan fingerprint density at radius 3 is 2.18 bits per heavy atom. The van der Waals surface area contributed by atoms with Crippen LogP contribution in [-0.2, 0) is 11.0 Å². The Kier molecular flexibility index (Phi) is 7.14. The topological polar surface area (TPSA) is 86.6 Å². The van der Waals surface area contributed by atoms with Gasteiger partial charge in [0.05, 0.1) is 21.8 Å². The highest BCUT2D eigenvalue weighted by Gasteiger charge is 2.34. The molecule has 4 aromatic rings. The van der Waals surface area contributed by atoms with Crippen LogP contribution < -0.4 is 15.7 Å². The number of nitrogens with zero attached hydrogens (tertiary/aromatic N) is 2. The smallest absolute Gasteiger partial charge is 0.326 e. The van der Waals surface area contributed by atoms with Gasteiger partial charge in [-0.3, -0.25) is 10.0 Å². The minimum Gasteiger partial charge on any atom is -0.326 e.